The van der Waals surface area contributed by atoms with Gasteiger partial charge in [0.2, 0.25) is 10.0 Å². The fourth-order valence-corrected chi connectivity index (χ4v) is 1.93. The van der Waals surface area contributed by atoms with Crippen molar-refractivity contribution in [1.29, 1.82) is 0 Å². The number of primary sulfonamides is 1. The Kier molecular flexibility index (Phi) is 4.80. The summed E-state index contributed by atoms with van der Waals surface area (Å²) in [5.74, 6) is -1.39. The predicted molar refractivity (Wildman–Crippen MR) is 66.1 cm³/mol. The second-order valence-corrected chi connectivity index (χ2v) is 5.69. The molecule has 0 heterocycles. The third-order valence-electron chi connectivity index (χ3n) is 2.26. The number of carbonyl (C=O) groups is 1. The summed E-state index contributed by atoms with van der Waals surface area (Å²) < 4.78 is 34.6. The number of halogens is 1. The van der Waals surface area contributed by atoms with E-state index < -0.39 is 21.7 Å². The van der Waals surface area contributed by atoms with E-state index in [-0.39, 0.29) is 24.3 Å². The van der Waals surface area contributed by atoms with Gasteiger partial charge in [-0.3, -0.25) is 4.79 Å². The molecule has 0 spiro atoms. The third kappa shape index (κ3) is 4.80. The van der Waals surface area contributed by atoms with Gasteiger partial charge >= 0.3 is 0 Å². The van der Waals surface area contributed by atoms with Crippen LogP contribution in [-0.2, 0) is 10.0 Å². The van der Waals surface area contributed by atoms with E-state index in [2.05, 4.69) is 5.32 Å². The van der Waals surface area contributed by atoms with Gasteiger partial charge in [0, 0.05) is 6.54 Å². The summed E-state index contributed by atoms with van der Waals surface area (Å²) in [5.41, 5.74) is 0.719. The molecular weight excluding hydrogens is 259 g/mol. The van der Waals surface area contributed by atoms with Crippen molar-refractivity contribution >= 4 is 15.9 Å². The van der Waals surface area contributed by atoms with E-state index in [4.69, 9.17) is 5.14 Å². The zero-order valence-corrected chi connectivity index (χ0v) is 10.8. The quantitative estimate of drug-likeness (QED) is 0.768. The monoisotopic (exact) mass is 274 g/mol. The number of nitrogens with two attached hydrogens (primary N) is 1. The van der Waals surface area contributed by atoms with Crippen molar-refractivity contribution in [3.8, 4) is 0 Å². The fourth-order valence-electron chi connectivity index (χ4n) is 1.38. The first kappa shape index (κ1) is 14.6. The minimum Gasteiger partial charge on any atom is -0.352 e. The average molecular weight is 274 g/mol. The van der Waals surface area contributed by atoms with Crippen LogP contribution in [0.4, 0.5) is 4.39 Å². The molecule has 100 valence electrons. The number of aryl methyl sites for hydroxylation is 1. The number of hydrogen-bond acceptors (Lipinski definition) is 3. The maximum Gasteiger partial charge on any atom is 0.254 e. The normalized spacial score (nSPS) is 11.3. The first-order chi connectivity index (χ1) is 8.29. The molecule has 0 aliphatic heterocycles. The number of sulfonamides is 1. The van der Waals surface area contributed by atoms with E-state index in [1.165, 1.54) is 12.1 Å². The van der Waals surface area contributed by atoms with Gasteiger partial charge in [-0.05, 0) is 25.5 Å². The maximum absolute atomic E-state index is 13.3. The first-order valence-corrected chi connectivity index (χ1v) is 7.06. The summed E-state index contributed by atoms with van der Waals surface area (Å²) >= 11 is 0. The molecule has 0 saturated heterocycles. The predicted octanol–water partition coefficient (Wildman–Crippen LogP) is 0.543. The van der Waals surface area contributed by atoms with Crippen molar-refractivity contribution < 1.29 is 17.6 Å². The smallest absolute Gasteiger partial charge is 0.254 e. The fraction of sp³-hybridized carbons (Fsp3) is 0.364. The topological polar surface area (TPSA) is 89.3 Å². The highest BCUT2D eigenvalue weighted by Gasteiger charge is 2.11. The number of benzene rings is 1. The standard InChI is InChI=1S/C11H15FN2O3S/c1-8-3-4-10(12)9(7-8)11(15)14-5-2-6-18(13,16)17/h3-4,7H,2,5-6H2,1H3,(H,14,15)(H2,13,16,17). The molecule has 3 N–H and O–H groups in total. The molecule has 18 heavy (non-hydrogen) atoms. The lowest BCUT2D eigenvalue weighted by atomic mass is 10.1. The van der Waals surface area contributed by atoms with Crippen LogP contribution in [-0.4, -0.2) is 26.6 Å². The molecule has 1 aromatic carbocycles. The number of carbonyl (C=O) groups excluding carboxylic acids is 1. The highest BCUT2D eigenvalue weighted by atomic mass is 32.2. The second-order valence-electron chi connectivity index (χ2n) is 3.96. The number of amides is 1. The Labute approximate surface area is 105 Å². The molecule has 5 nitrogen and oxygen atoms in total. The minimum absolute atomic E-state index is 0.0504. The Hall–Kier alpha value is -1.47. The molecule has 1 aromatic rings. The molecule has 0 bridgehead atoms. The lowest BCUT2D eigenvalue weighted by Crippen LogP contribution is -2.28. The van der Waals surface area contributed by atoms with Crippen molar-refractivity contribution in [2.45, 2.75) is 13.3 Å². The summed E-state index contributed by atoms with van der Waals surface area (Å²) in [6.07, 6.45) is 0.192. The van der Waals surface area contributed by atoms with E-state index in [9.17, 15) is 17.6 Å². The minimum atomic E-state index is -3.53. The van der Waals surface area contributed by atoms with Crippen molar-refractivity contribution in [2.75, 3.05) is 12.3 Å². The van der Waals surface area contributed by atoms with Crippen molar-refractivity contribution in [2.24, 2.45) is 5.14 Å². The summed E-state index contributed by atoms with van der Waals surface area (Å²) in [6, 6.07) is 4.21. The van der Waals surface area contributed by atoms with Crippen LogP contribution in [0.25, 0.3) is 0 Å². The number of hydrogen-bond donors (Lipinski definition) is 2. The van der Waals surface area contributed by atoms with Crippen LogP contribution in [0.15, 0.2) is 18.2 Å². The number of rotatable bonds is 5. The summed E-state index contributed by atoms with van der Waals surface area (Å²) in [7, 11) is -3.53. The van der Waals surface area contributed by atoms with Crippen LogP contribution in [0.1, 0.15) is 22.3 Å². The SMILES string of the molecule is Cc1ccc(F)c(C(=O)NCCCS(N)(=O)=O)c1. The van der Waals surface area contributed by atoms with Gasteiger partial charge in [-0.25, -0.2) is 17.9 Å². The Bertz CT molecular complexity index is 543. The Morgan fingerprint density at radius 2 is 2.11 bits per heavy atom. The van der Waals surface area contributed by atoms with Gasteiger partial charge in [0.25, 0.3) is 5.91 Å². The van der Waals surface area contributed by atoms with Gasteiger partial charge in [-0.2, -0.15) is 0 Å². The van der Waals surface area contributed by atoms with Crippen LogP contribution in [0.2, 0.25) is 0 Å². The zero-order chi connectivity index (χ0) is 13.8. The lowest BCUT2D eigenvalue weighted by molar-refractivity contribution is 0.0949. The molecule has 0 atom stereocenters. The summed E-state index contributed by atoms with van der Waals surface area (Å²) in [5, 5.41) is 7.25. The van der Waals surface area contributed by atoms with Crippen molar-refractivity contribution in [3.63, 3.8) is 0 Å². The molecule has 0 aliphatic rings. The van der Waals surface area contributed by atoms with Gasteiger partial charge in [-0.1, -0.05) is 11.6 Å². The van der Waals surface area contributed by atoms with Crippen LogP contribution < -0.4 is 10.5 Å². The van der Waals surface area contributed by atoms with Gasteiger partial charge < -0.3 is 5.32 Å². The molecular formula is C11H15FN2O3S. The lowest BCUT2D eigenvalue weighted by Gasteiger charge is -2.06. The maximum atomic E-state index is 13.3. The van der Waals surface area contributed by atoms with E-state index >= 15 is 0 Å². The Morgan fingerprint density at radius 3 is 2.72 bits per heavy atom. The highest BCUT2D eigenvalue weighted by molar-refractivity contribution is 7.89. The van der Waals surface area contributed by atoms with E-state index in [1.807, 2.05) is 0 Å². The molecule has 1 rings (SSSR count). The van der Waals surface area contributed by atoms with E-state index in [0.717, 1.165) is 5.56 Å². The molecule has 7 heteroatoms. The molecule has 0 fully saturated rings. The largest absolute Gasteiger partial charge is 0.352 e. The first-order valence-electron chi connectivity index (χ1n) is 5.34. The van der Waals surface area contributed by atoms with E-state index in [1.54, 1.807) is 13.0 Å². The van der Waals surface area contributed by atoms with Crippen LogP contribution in [0.3, 0.4) is 0 Å². The zero-order valence-electron chi connectivity index (χ0n) is 9.94. The number of nitrogens with one attached hydrogen (secondary N) is 1. The second kappa shape index (κ2) is 5.92. The summed E-state index contributed by atoms with van der Waals surface area (Å²) in [4.78, 5) is 11.6. The van der Waals surface area contributed by atoms with E-state index in [0.29, 0.717) is 0 Å². The highest BCUT2D eigenvalue weighted by Crippen LogP contribution is 2.09. The van der Waals surface area contributed by atoms with Gasteiger partial charge in [0.05, 0.1) is 11.3 Å². The molecule has 0 aliphatic carbocycles. The van der Waals surface area contributed by atoms with Gasteiger partial charge in [0.15, 0.2) is 0 Å². The molecule has 0 unspecified atom stereocenters. The van der Waals surface area contributed by atoms with Crippen LogP contribution in [0.5, 0.6) is 0 Å². The van der Waals surface area contributed by atoms with Crippen molar-refractivity contribution in [3.05, 3.63) is 35.1 Å². The van der Waals surface area contributed by atoms with Crippen LogP contribution in [0, 0.1) is 12.7 Å². The molecule has 0 saturated carbocycles. The van der Waals surface area contributed by atoms with Gasteiger partial charge in [-0.15, -0.1) is 0 Å². The summed E-state index contributed by atoms with van der Waals surface area (Å²) in [6.45, 7) is 1.87. The molecule has 0 radical (unpaired) electrons. The Morgan fingerprint density at radius 1 is 1.44 bits per heavy atom. The Balaban J connectivity index is 2.53. The average Bonchev–Trinajstić information content (AvgIpc) is 2.26. The van der Waals surface area contributed by atoms with Crippen molar-refractivity contribution in [1.82, 2.24) is 5.32 Å². The van der Waals surface area contributed by atoms with Gasteiger partial charge in [0.1, 0.15) is 5.82 Å². The third-order valence-corrected chi connectivity index (χ3v) is 3.12. The molecule has 0 aromatic heterocycles. The van der Waals surface area contributed by atoms with Crippen LogP contribution >= 0.6 is 0 Å². The molecule has 1 amide bonds.